The summed E-state index contributed by atoms with van der Waals surface area (Å²) in [4.78, 5) is 6.71. The number of nitrogens with zero attached hydrogens (tertiary/aromatic N) is 2. The van der Waals surface area contributed by atoms with Gasteiger partial charge in [-0.25, -0.2) is 4.98 Å². The van der Waals surface area contributed by atoms with Gasteiger partial charge in [0.1, 0.15) is 5.82 Å². The Bertz CT molecular complexity index is 305. The quantitative estimate of drug-likeness (QED) is 0.713. The predicted molar refractivity (Wildman–Crippen MR) is 69.7 cm³/mol. The maximum Gasteiger partial charge on any atom is 0.128 e. The van der Waals surface area contributed by atoms with E-state index in [1.54, 1.807) is 0 Å². The molecule has 0 unspecified atom stereocenters. The van der Waals surface area contributed by atoms with Gasteiger partial charge in [-0.3, -0.25) is 0 Å². The Labute approximate surface area is 98.2 Å². The summed E-state index contributed by atoms with van der Waals surface area (Å²) in [6.07, 6.45) is 4.96. The first kappa shape index (κ1) is 12.7. The van der Waals surface area contributed by atoms with E-state index in [1.807, 2.05) is 19.3 Å². The van der Waals surface area contributed by atoms with Gasteiger partial charge >= 0.3 is 0 Å². The van der Waals surface area contributed by atoms with Crippen molar-refractivity contribution < 1.29 is 0 Å². The molecule has 0 bridgehead atoms. The first-order valence-electron chi connectivity index (χ1n) is 5.77. The van der Waals surface area contributed by atoms with Crippen molar-refractivity contribution in [1.29, 1.82) is 0 Å². The van der Waals surface area contributed by atoms with E-state index in [4.69, 9.17) is 0 Å². The molecule has 16 heavy (non-hydrogen) atoms. The van der Waals surface area contributed by atoms with Gasteiger partial charge in [-0.15, -0.1) is 6.58 Å². The maximum atomic E-state index is 4.47. The fourth-order valence-electron chi connectivity index (χ4n) is 1.64. The lowest BCUT2D eigenvalue weighted by Gasteiger charge is -2.21. The summed E-state index contributed by atoms with van der Waals surface area (Å²) >= 11 is 0. The molecule has 1 aromatic heterocycles. The van der Waals surface area contributed by atoms with Crippen LogP contribution in [0.25, 0.3) is 0 Å². The molecule has 0 aliphatic carbocycles. The minimum atomic E-state index is 0.853. The Hall–Kier alpha value is -1.35. The van der Waals surface area contributed by atoms with E-state index < -0.39 is 0 Å². The van der Waals surface area contributed by atoms with Gasteiger partial charge < -0.3 is 10.2 Å². The zero-order chi connectivity index (χ0) is 11.8. The van der Waals surface area contributed by atoms with Crippen LogP contribution in [0.3, 0.4) is 0 Å². The minimum absolute atomic E-state index is 0.853. The van der Waals surface area contributed by atoms with Crippen molar-refractivity contribution in [2.24, 2.45) is 0 Å². The van der Waals surface area contributed by atoms with Crippen molar-refractivity contribution in [2.45, 2.75) is 19.9 Å². The van der Waals surface area contributed by atoms with Crippen LogP contribution in [0, 0.1) is 0 Å². The monoisotopic (exact) mass is 219 g/mol. The molecule has 0 fully saturated rings. The molecule has 0 aliphatic rings. The molecule has 1 rings (SSSR count). The van der Waals surface area contributed by atoms with E-state index in [1.165, 1.54) is 5.56 Å². The second-order valence-corrected chi connectivity index (χ2v) is 3.79. The third-order valence-electron chi connectivity index (χ3n) is 2.36. The van der Waals surface area contributed by atoms with Crippen molar-refractivity contribution in [3.8, 4) is 0 Å². The zero-order valence-electron chi connectivity index (χ0n) is 10.2. The summed E-state index contributed by atoms with van der Waals surface area (Å²) in [7, 11) is 1.94. The molecule has 1 aromatic rings. The molecule has 0 amide bonds. The van der Waals surface area contributed by atoms with E-state index in [9.17, 15) is 0 Å². The summed E-state index contributed by atoms with van der Waals surface area (Å²) < 4.78 is 0. The fourth-order valence-corrected chi connectivity index (χ4v) is 1.64. The third kappa shape index (κ3) is 3.66. The molecule has 1 N–H and O–H groups in total. The summed E-state index contributed by atoms with van der Waals surface area (Å²) in [5, 5.41) is 3.11. The lowest BCUT2D eigenvalue weighted by molar-refractivity contribution is 0.791. The Morgan fingerprint density at radius 1 is 1.50 bits per heavy atom. The van der Waals surface area contributed by atoms with E-state index in [2.05, 4.69) is 40.8 Å². The first-order valence-corrected chi connectivity index (χ1v) is 5.77. The van der Waals surface area contributed by atoms with Crippen LogP contribution in [-0.4, -0.2) is 25.1 Å². The van der Waals surface area contributed by atoms with Crippen LogP contribution in [0.1, 0.15) is 18.9 Å². The SMILES string of the molecule is C=CCN(CCC)c1ccc(CNC)cn1. The van der Waals surface area contributed by atoms with Gasteiger partial charge in [0.2, 0.25) is 0 Å². The molecule has 0 aliphatic heterocycles. The average Bonchev–Trinajstić information content (AvgIpc) is 2.30. The first-order chi connectivity index (χ1) is 7.81. The Morgan fingerprint density at radius 2 is 2.31 bits per heavy atom. The van der Waals surface area contributed by atoms with Crippen LogP contribution in [0.15, 0.2) is 31.0 Å². The van der Waals surface area contributed by atoms with E-state index in [0.717, 1.165) is 31.9 Å². The second kappa shape index (κ2) is 7.01. The van der Waals surface area contributed by atoms with E-state index >= 15 is 0 Å². The van der Waals surface area contributed by atoms with Crippen molar-refractivity contribution in [3.05, 3.63) is 36.5 Å². The molecule has 0 saturated heterocycles. The highest BCUT2D eigenvalue weighted by Gasteiger charge is 2.04. The van der Waals surface area contributed by atoms with Crippen molar-refractivity contribution in [3.63, 3.8) is 0 Å². The molecule has 0 aromatic carbocycles. The Kier molecular flexibility index (Phi) is 5.57. The van der Waals surface area contributed by atoms with E-state index in [0.29, 0.717) is 0 Å². The molecule has 3 heteroatoms. The Morgan fingerprint density at radius 3 is 2.81 bits per heavy atom. The zero-order valence-corrected chi connectivity index (χ0v) is 10.2. The molecule has 3 nitrogen and oxygen atoms in total. The summed E-state index contributed by atoms with van der Waals surface area (Å²) in [5.41, 5.74) is 1.21. The third-order valence-corrected chi connectivity index (χ3v) is 2.36. The standard InChI is InChI=1S/C13H21N3/c1-4-8-16(9-5-2)13-7-6-12(10-14-3)11-15-13/h4,6-7,11,14H,1,5,8-10H2,2-3H3. The summed E-state index contributed by atoms with van der Waals surface area (Å²) in [5.74, 6) is 1.03. The Balaban J connectivity index is 2.72. The van der Waals surface area contributed by atoms with Crippen LogP contribution in [0.5, 0.6) is 0 Å². The van der Waals surface area contributed by atoms with Gasteiger partial charge in [0.05, 0.1) is 0 Å². The van der Waals surface area contributed by atoms with Crippen molar-refractivity contribution >= 4 is 5.82 Å². The number of aromatic nitrogens is 1. The lowest BCUT2D eigenvalue weighted by atomic mass is 10.2. The topological polar surface area (TPSA) is 28.2 Å². The number of pyridine rings is 1. The summed E-state index contributed by atoms with van der Waals surface area (Å²) in [6, 6.07) is 4.19. The second-order valence-electron chi connectivity index (χ2n) is 3.79. The highest BCUT2D eigenvalue weighted by molar-refractivity contribution is 5.39. The van der Waals surface area contributed by atoms with Gasteiger partial charge in [-0.2, -0.15) is 0 Å². The van der Waals surface area contributed by atoms with Crippen LogP contribution in [0.2, 0.25) is 0 Å². The predicted octanol–water partition coefficient (Wildman–Crippen LogP) is 2.20. The highest BCUT2D eigenvalue weighted by Crippen LogP contribution is 2.11. The van der Waals surface area contributed by atoms with Gasteiger partial charge in [-0.05, 0) is 25.1 Å². The lowest BCUT2D eigenvalue weighted by Crippen LogP contribution is -2.25. The minimum Gasteiger partial charge on any atom is -0.353 e. The van der Waals surface area contributed by atoms with Gasteiger partial charge in [-0.1, -0.05) is 19.1 Å². The number of hydrogen-bond donors (Lipinski definition) is 1. The highest BCUT2D eigenvalue weighted by atomic mass is 15.2. The number of hydrogen-bond acceptors (Lipinski definition) is 3. The van der Waals surface area contributed by atoms with Crippen LogP contribution in [0.4, 0.5) is 5.82 Å². The molecule has 88 valence electrons. The largest absolute Gasteiger partial charge is 0.353 e. The molecular formula is C13H21N3. The van der Waals surface area contributed by atoms with Crippen molar-refractivity contribution in [1.82, 2.24) is 10.3 Å². The normalized spacial score (nSPS) is 10.1. The number of nitrogens with one attached hydrogen (secondary N) is 1. The number of rotatable bonds is 7. The fraction of sp³-hybridized carbons (Fsp3) is 0.462. The maximum absolute atomic E-state index is 4.47. The molecule has 0 saturated carbocycles. The van der Waals surface area contributed by atoms with Crippen molar-refractivity contribution in [2.75, 3.05) is 25.0 Å². The molecule has 0 atom stereocenters. The van der Waals surface area contributed by atoms with Crippen LogP contribution < -0.4 is 10.2 Å². The average molecular weight is 219 g/mol. The van der Waals surface area contributed by atoms with Gasteiger partial charge in [0, 0.05) is 25.8 Å². The van der Waals surface area contributed by atoms with E-state index in [-0.39, 0.29) is 0 Å². The smallest absolute Gasteiger partial charge is 0.128 e. The van der Waals surface area contributed by atoms with Gasteiger partial charge in [0.15, 0.2) is 0 Å². The molecule has 0 spiro atoms. The molecule has 1 heterocycles. The summed E-state index contributed by atoms with van der Waals surface area (Å²) in [6.45, 7) is 8.68. The van der Waals surface area contributed by atoms with Gasteiger partial charge in [0.25, 0.3) is 0 Å². The van der Waals surface area contributed by atoms with Crippen LogP contribution >= 0.6 is 0 Å². The van der Waals surface area contributed by atoms with Crippen LogP contribution in [-0.2, 0) is 6.54 Å². The molecule has 0 radical (unpaired) electrons. The number of anilines is 1. The molecular weight excluding hydrogens is 198 g/mol.